The maximum absolute atomic E-state index is 5.53. The van der Waals surface area contributed by atoms with Crippen LogP contribution in [0.15, 0.2) is 0 Å². The Kier molecular flexibility index (Phi) is 8.40. The normalized spacial score (nSPS) is 18.2. The summed E-state index contributed by atoms with van der Waals surface area (Å²) in [6, 6.07) is 0. The molecule has 106 valence electrons. The zero-order valence-corrected chi connectivity index (χ0v) is 13.0. The molecule has 3 heteroatoms. The molecule has 1 saturated heterocycles. The zero-order valence-electron chi connectivity index (χ0n) is 12.2. The van der Waals surface area contributed by atoms with Crippen LogP contribution in [-0.2, 0) is 0 Å². The Morgan fingerprint density at radius 3 is 2.39 bits per heavy atom. The standard InChI is InChI=1S/C15H30N2S/c1-3-5-10-14(4-2)13-16-15(18)17-11-8-6-7-9-12-17/h14H,3-13H2,1-2H3,(H,16,18). The molecule has 1 rings (SSSR count). The first-order chi connectivity index (χ1) is 8.77. The summed E-state index contributed by atoms with van der Waals surface area (Å²) < 4.78 is 0. The molecule has 18 heavy (non-hydrogen) atoms. The van der Waals surface area contributed by atoms with E-state index < -0.39 is 0 Å². The third-order valence-electron chi connectivity index (χ3n) is 3.98. The number of unbranched alkanes of at least 4 members (excludes halogenated alkanes) is 1. The van der Waals surface area contributed by atoms with Crippen LogP contribution < -0.4 is 5.32 Å². The van der Waals surface area contributed by atoms with Crippen LogP contribution in [0.2, 0.25) is 0 Å². The lowest BCUT2D eigenvalue weighted by Crippen LogP contribution is -2.42. The van der Waals surface area contributed by atoms with E-state index >= 15 is 0 Å². The molecule has 1 N–H and O–H groups in total. The van der Waals surface area contributed by atoms with E-state index in [-0.39, 0.29) is 0 Å². The van der Waals surface area contributed by atoms with Crippen molar-refractivity contribution in [3.05, 3.63) is 0 Å². The monoisotopic (exact) mass is 270 g/mol. The molecule has 1 heterocycles. The minimum absolute atomic E-state index is 0.787. The van der Waals surface area contributed by atoms with Gasteiger partial charge in [0.2, 0.25) is 0 Å². The Balaban J connectivity index is 2.25. The highest BCUT2D eigenvalue weighted by molar-refractivity contribution is 7.80. The fourth-order valence-electron chi connectivity index (χ4n) is 2.56. The summed E-state index contributed by atoms with van der Waals surface area (Å²) in [5.74, 6) is 0.787. The minimum atomic E-state index is 0.787. The molecule has 0 bridgehead atoms. The van der Waals surface area contributed by atoms with Gasteiger partial charge in [-0.1, -0.05) is 46.0 Å². The molecule has 0 aromatic rings. The van der Waals surface area contributed by atoms with Gasteiger partial charge in [0.25, 0.3) is 0 Å². The van der Waals surface area contributed by atoms with E-state index in [9.17, 15) is 0 Å². The SMILES string of the molecule is CCCCC(CC)CNC(=S)N1CCCCCC1. The summed E-state index contributed by atoms with van der Waals surface area (Å²) in [5, 5.41) is 4.49. The van der Waals surface area contributed by atoms with E-state index in [0.717, 1.165) is 30.7 Å². The van der Waals surface area contributed by atoms with Crippen molar-refractivity contribution in [2.75, 3.05) is 19.6 Å². The summed E-state index contributed by atoms with van der Waals surface area (Å²) in [6.45, 7) is 7.92. The molecule has 0 aliphatic carbocycles. The van der Waals surface area contributed by atoms with Crippen molar-refractivity contribution < 1.29 is 0 Å². The number of thiocarbonyl (C=S) groups is 1. The van der Waals surface area contributed by atoms with Gasteiger partial charge in [0.1, 0.15) is 0 Å². The van der Waals surface area contributed by atoms with Crippen molar-refractivity contribution in [2.45, 2.75) is 65.2 Å². The average molecular weight is 270 g/mol. The molecule has 0 aromatic carbocycles. The molecular weight excluding hydrogens is 240 g/mol. The predicted molar refractivity (Wildman–Crippen MR) is 83.9 cm³/mol. The van der Waals surface area contributed by atoms with Crippen molar-refractivity contribution in [2.24, 2.45) is 5.92 Å². The van der Waals surface area contributed by atoms with E-state index in [1.54, 1.807) is 0 Å². The van der Waals surface area contributed by atoms with Crippen LogP contribution in [0.1, 0.15) is 65.2 Å². The molecule has 0 amide bonds. The lowest BCUT2D eigenvalue weighted by atomic mass is 9.99. The van der Waals surface area contributed by atoms with Crippen LogP contribution >= 0.6 is 12.2 Å². The Morgan fingerprint density at radius 2 is 1.83 bits per heavy atom. The van der Waals surface area contributed by atoms with E-state index in [4.69, 9.17) is 12.2 Å². The quantitative estimate of drug-likeness (QED) is 0.736. The van der Waals surface area contributed by atoms with Gasteiger partial charge in [0.15, 0.2) is 5.11 Å². The number of hydrogen-bond donors (Lipinski definition) is 1. The van der Waals surface area contributed by atoms with Gasteiger partial charge >= 0.3 is 0 Å². The van der Waals surface area contributed by atoms with Crippen molar-refractivity contribution in [3.8, 4) is 0 Å². The van der Waals surface area contributed by atoms with Gasteiger partial charge in [0.05, 0.1) is 0 Å². The van der Waals surface area contributed by atoms with Crippen molar-refractivity contribution in [1.29, 1.82) is 0 Å². The van der Waals surface area contributed by atoms with Gasteiger partial charge in [0, 0.05) is 19.6 Å². The summed E-state index contributed by atoms with van der Waals surface area (Å²) in [7, 11) is 0. The second-order valence-corrected chi connectivity index (χ2v) is 5.89. The first kappa shape index (κ1) is 15.7. The molecule has 0 spiro atoms. The zero-order chi connectivity index (χ0) is 13.2. The van der Waals surface area contributed by atoms with E-state index in [1.807, 2.05) is 0 Å². The molecule has 0 aromatic heterocycles. The highest BCUT2D eigenvalue weighted by Crippen LogP contribution is 2.13. The smallest absolute Gasteiger partial charge is 0.168 e. The molecule has 0 radical (unpaired) electrons. The Bertz CT molecular complexity index is 223. The van der Waals surface area contributed by atoms with Crippen molar-refractivity contribution >= 4 is 17.3 Å². The topological polar surface area (TPSA) is 15.3 Å². The van der Waals surface area contributed by atoms with Gasteiger partial charge in [-0.2, -0.15) is 0 Å². The number of likely N-dealkylation sites (tertiary alicyclic amines) is 1. The first-order valence-corrected chi connectivity index (χ1v) is 8.21. The van der Waals surface area contributed by atoms with Gasteiger partial charge in [-0.3, -0.25) is 0 Å². The highest BCUT2D eigenvalue weighted by Gasteiger charge is 2.13. The van der Waals surface area contributed by atoms with Gasteiger partial charge < -0.3 is 10.2 Å². The van der Waals surface area contributed by atoms with Gasteiger partial charge in [-0.15, -0.1) is 0 Å². The molecule has 2 nitrogen and oxygen atoms in total. The molecule has 1 unspecified atom stereocenters. The second kappa shape index (κ2) is 9.60. The van der Waals surface area contributed by atoms with Gasteiger partial charge in [-0.25, -0.2) is 0 Å². The van der Waals surface area contributed by atoms with Crippen LogP contribution in [0.3, 0.4) is 0 Å². The van der Waals surface area contributed by atoms with E-state index in [0.29, 0.717) is 0 Å². The van der Waals surface area contributed by atoms with E-state index in [2.05, 4.69) is 24.1 Å². The molecule has 1 atom stereocenters. The third-order valence-corrected chi connectivity index (χ3v) is 4.38. The number of nitrogens with one attached hydrogen (secondary N) is 1. The summed E-state index contributed by atoms with van der Waals surface area (Å²) in [4.78, 5) is 2.37. The molecule has 1 aliphatic heterocycles. The van der Waals surface area contributed by atoms with Crippen LogP contribution in [0, 0.1) is 5.92 Å². The van der Waals surface area contributed by atoms with Crippen molar-refractivity contribution in [3.63, 3.8) is 0 Å². The van der Waals surface area contributed by atoms with Crippen molar-refractivity contribution in [1.82, 2.24) is 10.2 Å². The first-order valence-electron chi connectivity index (χ1n) is 7.80. The largest absolute Gasteiger partial charge is 0.362 e. The molecular formula is C15H30N2S. The summed E-state index contributed by atoms with van der Waals surface area (Å²) >= 11 is 5.53. The molecule has 1 aliphatic rings. The molecule has 0 saturated carbocycles. The van der Waals surface area contributed by atoms with Gasteiger partial charge in [-0.05, 0) is 37.4 Å². The maximum atomic E-state index is 5.53. The van der Waals surface area contributed by atoms with Crippen LogP contribution in [0.25, 0.3) is 0 Å². The van der Waals surface area contributed by atoms with Crippen LogP contribution in [-0.4, -0.2) is 29.6 Å². The van der Waals surface area contributed by atoms with Crippen LogP contribution in [0.5, 0.6) is 0 Å². The third kappa shape index (κ3) is 6.03. The fourth-order valence-corrected chi connectivity index (χ4v) is 2.83. The Labute approximate surface area is 119 Å². The summed E-state index contributed by atoms with van der Waals surface area (Å²) in [5.41, 5.74) is 0. The average Bonchev–Trinajstić information content (AvgIpc) is 2.67. The lowest BCUT2D eigenvalue weighted by molar-refractivity contribution is 0.403. The highest BCUT2D eigenvalue weighted by atomic mass is 32.1. The van der Waals surface area contributed by atoms with E-state index in [1.165, 1.54) is 51.4 Å². The van der Waals surface area contributed by atoms with Crippen LogP contribution in [0.4, 0.5) is 0 Å². The minimum Gasteiger partial charge on any atom is -0.362 e. The maximum Gasteiger partial charge on any atom is 0.168 e. The number of rotatable bonds is 6. The fraction of sp³-hybridized carbons (Fsp3) is 0.933. The number of hydrogen-bond acceptors (Lipinski definition) is 1. The second-order valence-electron chi connectivity index (χ2n) is 5.50. The number of nitrogens with zero attached hydrogens (tertiary/aromatic N) is 1. The summed E-state index contributed by atoms with van der Waals surface area (Å²) in [6.07, 6.45) is 10.6. The lowest BCUT2D eigenvalue weighted by Gasteiger charge is -2.25. The molecule has 1 fully saturated rings. The Hall–Kier alpha value is -0.310. The predicted octanol–water partition coefficient (Wildman–Crippen LogP) is 3.95. The Morgan fingerprint density at radius 1 is 1.17 bits per heavy atom.